The quantitative estimate of drug-likeness (QED) is 0.524. The number of rotatable bonds is 6. The number of H-pyrrole nitrogens is 1. The van der Waals surface area contributed by atoms with Gasteiger partial charge in [-0.2, -0.15) is 0 Å². The number of carbonyl (C=O) groups is 2. The van der Waals surface area contributed by atoms with E-state index in [9.17, 15) is 19.2 Å². The third-order valence-electron chi connectivity index (χ3n) is 3.75. The minimum Gasteiger partial charge on any atom is -0.480 e. The Hall–Kier alpha value is -3.69. The molecule has 0 aliphatic heterocycles. The normalized spacial score (nSPS) is 10.8. The molecule has 0 bridgehead atoms. The molecule has 0 saturated heterocycles. The van der Waals surface area contributed by atoms with Gasteiger partial charge in [-0.3, -0.25) is 23.5 Å². The van der Waals surface area contributed by atoms with Gasteiger partial charge in [-0.05, 0) is 12.1 Å². The van der Waals surface area contributed by atoms with Gasteiger partial charge in [-0.25, -0.2) is 9.78 Å². The van der Waals surface area contributed by atoms with Crippen LogP contribution in [0.5, 0.6) is 0 Å². The van der Waals surface area contributed by atoms with E-state index in [0.29, 0.717) is 11.2 Å². The van der Waals surface area contributed by atoms with Crippen LogP contribution in [-0.2, 0) is 22.7 Å². The molecule has 10 heteroatoms. The molecule has 3 N–H and O–H groups in total. The summed E-state index contributed by atoms with van der Waals surface area (Å²) in [4.78, 5) is 54.8. The summed E-state index contributed by atoms with van der Waals surface area (Å²) in [6.45, 7) is -1.02. The zero-order chi connectivity index (χ0) is 18.7. The second kappa shape index (κ2) is 7.05. The monoisotopic (exact) mass is 357 g/mol. The van der Waals surface area contributed by atoms with Crippen LogP contribution in [0, 0.1) is 0 Å². The number of nitrogens with zero attached hydrogens (tertiary/aromatic N) is 3. The predicted octanol–water partition coefficient (Wildman–Crippen LogP) is -0.865. The largest absolute Gasteiger partial charge is 0.480 e. The molecule has 0 radical (unpaired) electrons. The molecular formula is C16H15N5O5. The van der Waals surface area contributed by atoms with E-state index in [1.807, 2.05) is 0 Å². The Morgan fingerprint density at radius 2 is 1.96 bits per heavy atom. The smallest absolute Gasteiger partial charge is 0.332 e. The lowest BCUT2D eigenvalue weighted by atomic mass is 10.2. The van der Waals surface area contributed by atoms with Crippen LogP contribution in [0.4, 0.5) is 0 Å². The Bertz CT molecular complexity index is 1080. The number of nitrogens with one attached hydrogen (secondary N) is 2. The average molecular weight is 357 g/mol. The van der Waals surface area contributed by atoms with Crippen LogP contribution in [0.2, 0.25) is 0 Å². The van der Waals surface area contributed by atoms with Crippen LogP contribution in [0.15, 0.2) is 46.4 Å². The minimum absolute atomic E-state index is 0.0528. The summed E-state index contributed by atoms with van der Waals surface area (Å²) in [6.07, 6.45) is 2.99. The summed E-state index contributed by atoms with van der Waals surface area (Å²) < 4.78 is 2.13. The lowest BCUT2D eigenvalue weighted by molar-refractivity contribution is -0.138. The number of carboxylic acid groups (broad SMARTS) is 1. The summed E-state index contributed by atoms with van der Waals surface area (Å²) in [7, 11) is 0. The maximum absolute atomic E-state index is 12.8. The van der Waals surface area contributed by atoms with E-state index in [1.54, 1.807) is 30.5 Å². The molecule has 0 saturated carbocycles. The number of aliphatic carboxylic acids is 1. The summed E-state index contributed by atoms with van der Waals surface area (Å²) in [5.41, 5.74) is -0.384. The van der Waals surface area contributed by atoms with Gasteiger partial charge in [0, 0.05) is 6.20 Å². The molecule has 0 fully saturated rings. The third kappa shape index (κ3) is 3.38. The van der Waals surface area contributed by atoms with Crippen LogP contribution in [0.3, 0.4) is 0 Å². The first-order valence-electron chi connectivity index (χ1n) is 7.66. The predicted molar refractivity (Wildman–Crippen MR) is 90.8 cm³/mol. The number of hydrogen-bond acceptors (Lipinski definition) is 5. The Labute approximate surface area is 145 Å². The van der Waals surface area contributed by atoms with Gasteiger partial charge in [-0.15, -0.1) is 0 Å². The molecular weight excluding hydrogens is 342 g/mol. The SMILES string of the molecule is O=C(O)CNC(=O)Cn1c(=O)n(Cc2c[nH]cn2)c(=O)c2ccccc21. The van der Waals surface area contributed by atoms with E-state index < -0.39 is 36.2 Å². The van der Waals surface area contributed by atoms with Crippen molar-refractivity contribution in [3.05, 3.63) is 63.3 Å². The number of hydrogen-bond donors (Lipinski definition) is 3. The lowest BCUT2D eigenvalue weighted by Gasteiger charge is -2.13. The van der Waals surface area contributed by atoms with Crippen LogP contribution < -0.4 is 16.6 Å². The Morgan fingerprint density at radius 1 is 1.19 bits per heavy atom. The molecule has 1 aromatic carbocycles. The standard InChI is InChI=1S/C16H15N5O5/c22-13(18-6-14(23)24)8-20-12-4-2-1-3-11(12)15(25)21(16(20)26)7-10-5-17-9-19-10/h1-5,9H,6-8H2,(H,17,19)(H,18,22)(H,23,24). The summed E-state index contributed by atoms with van der Waals surface area (Å²) in [5.74, 6) is -1.84. The van der Waals surface area contributed by atoms with Crippen molar-refractivity contribution in [2.45, 2.75) is 13.1 Å². The summed E-state index contributed by atoms with van der Waals surface area (Å²) in [6, 6.07) is 6.41. The molecule has 0 aliphatic carbocycles. The first-order chi connectivity index (χ1) is 12.5. The molecule has 26 heavy (non-hydrogen) atoms. The number of carbonyl (C=O) groups excluding carboxylic acids is 1. The van der Waals surface area contributed by atoms with Gasteiger partial charge in [0.05, 0.1) is 29.5 Å². The van der Waals surface area contributed by atoms with Crippen molar-refractivity contribution < 1.29 is 14.7 Å². The van der Waals surface area contributed by atoms with Crippen molar-refractivity contribution in [1.29, 1.82) is 0 Å². The molecule has 0 atom stereocenters. The van der Waals surface area contributed by atoms with Gasteiger partial charge in [0.2, 0.25) is 5.91 Å². The van der Waals surface area contributed by atoms with Crippen molar-refractivity contribution in [3.63, 3.8) is 0 Å². The molecule has 3 rings (SSSR count). The van der Waals surface area contributed by atoms with Crippen molar-refractivity contribution in [3.8, 4) is 0 Å². The third-order valence-corrected chi connectivity index (χ3v) is 3.75. The van der Waals surface area contributed by atoms with Crippen LogP contribution in [-0.4, -0.2) is 42.6 Å². The fourth-order valence-corrected chi connectivity index (χ4v) is 2.58. The van der Waals surface area contributed by atoms with Gasteiger partial charge in [0.25, 0.3) is 5.56 Å². The fourth-order valence-electron chi connectivity index (χ4n) is 2.58. The van der Waals surface area contributed by atoms with Gasteiger partial charge < -0.3 is 15.4 Å². The Morgan fingerprint density at radius 3 is 2.65 bits per heavy atom. The number of aromatic amines is 1. The average Bonchev–Trinajstić information content (AvgIpc) is 3.13. The first kappa shape index (κ1) is 17.1. The molecule has 0 unspecified atom stereocenters. The zero-order valence-corrected chi connectivity index (χ0v) is 13.5. The molecule has 134 valence electrons. The number of amides is 1. The first-order valence-corrected chi connectivity index (χ1v) is 7.66. The highest BCUT2D eigenvalue weighted by atomic mass is 16.4. The second-order valence-corrected chi connectivity index (χ2v) is 5.51. The number of aromatic nitrogens is 4. The molecule has 1 amide bonds. The topological polar surface area (TPSA) is 139 Å². The zero-order valence-electron chi connectivity index (χ0n) is 13.5. The van der Waals surface area contributed by atoms with Crippen molar-refractivity contribution in [2.75, 3.05) is 6.54 Å². The minimum atomic E-state index is -1.20. The van der Waals surface area contributed by atoms with Gasteiger partial charge in [0.1, 0.15) is 13.1 Å². The second-order valence-electron chi connectivity index (χ2n) is 5.51. The maximum Gasteiger partial charge on any atom is 0.332 e. The summed E-state index contributed by atoms with van der Waals surface area (Å²) >= 11 is 0. The molecule has 3 aromatic rings. The summed E-state index contributed by atoms with van der Waals surface area (Å²) in [5, 5.41) is 11.1. The number of carboxylic acids is 1. The molecule has 0 aliphatic rings. The lowest BCUT2D eigenvalue weighted by Crippen LogP contribution is -2.43. The van der Waals surface area contributed by atoms with Crippen LogP contribution >= 0.6 is 0 Å². The molecule has 2 aromatic heterocycles. The van der Waals surface area contributed by atoms with E-state index in [-0.39, 0.29) is 11.9 Å². The molecule has 0 spiro atoms. The Balaban J connectivity index is 2.09. The van der Waals surface area contributed by atoms with Crippen molar-refractivity contribution in [2.24, 2.45) is 0 Å². The van der Waals surface area contributed by atoms with Crippen molar-refractivity contribution in [1.82, 2.24) is 24.4 Å². The number of imidazole rings is 1. The highest BCUT2D eigenvalue weighted by Gasteiger charge is 2.16. The van der Waals surface area contributed by atoms with E-state index in [1.165, 1.54) is 6.33 Å². The van der Waals surface area contributed by atoms with E-state index >= 15 is 0 Å². The van der Waals surface area contributed by atoms with Crippen molar-refractivity contribution >= 4 is 22.8 Å². The number of para-hydroxylation sites is 1. The van der Waals surface area contributed by atoms with E-state index in [2.05, 4.69) is 15.3 Å². The van der Waals surface area contributed by atoms with Gasteiger partial charge in [0.15, 0.2) is 0 Å². The maximum atomic E-state index is 12.8. The van der Waals surface area contributed by atoms with E-state index in [0.717, 1.165) is 9.13 Å². The van der Waals surface area contributed by atoms with Gasteiger partial charge in [-0.1, -0.05) is 12.1 Å². The van der Waals surface area contributed by atoms with Gasteiger partial charge >= 0.3 is 11.7 Å². The van der Waals surface area contributed by atoms with Crippen LogP contribution in [0.25, 0.3) is 10.9 Å². The fraction of sp³-hybridized carbons (Fsp3) is 0.188. The highest BCUT2D eigenvalue weighted by molar-refractivity contribution is 5.83. The molecule has 10 nitrogen and oxygen atoms in total. The number of benzene rings is 1. The number of fused-ring (bicyclic) bond motifs is 1. The van der Waals surface area contributed by atoms with Crippen LogP contribution in [0.1, 0.15) is 5.69 Å². The highest BCUT2D eigenvalue weighted by Crippen LogP contribution is 2.08. The molecule has 2 heterocycles. The van der Waals surface area contributed by atoms with E-state index in [4.69, 9.17) is 5.11 Å². The Kier molecular flexibility index (Phi) is 4.65.